The third-order valence-electron chi connectivity index (χ3n) is 4.56. The van der Waals surface area contributed by atoms with Crippen LogP contribution < -0.4 is 10.9 Å². The van der Waals surface area contributed by atoms with Crippen LogP contribution >= 0.6 is 11.3 Å². The second-order valence-electron chi connectivity index (χ2n) is 6.12. The van der Waals surface area contributed by atoms with E-state index in [0.29, 0.717) is 11.5 Å². The molecule has 7 heteroatoms. The first-order valence-electron chi connectivity index (χ1n) is 8.16. The van der Waals surface area contributed by atoms with E-state index in [0.717, 1.165) is 50.8 Å². The zero-order chi connectivity index (χ0) is 15.8. The summed E-state index contributed by atoms with van der Waals surface area (Å²) in [6.45, 7) is 1.19. The second-order valence-corrected chi connectivity index (χ2v) is 7.18. The van der Waals surface area contributed by atoms with E-state index >= 15 is 0 Å². The van der Waals surface area contributed by atoms with Gasteiger partial charge in [0.2, 0.25) is 0 Å². The van der Waals surface area contributed by atoms with Crippen molar-refractivity contribution >= 4 is 22.2 Å². The number of carbonyl (C=O) groups is 1. The number of hydrogen-bond acceptors (Lipinski definition) is 5. The van der Waals surface area contributed by atoms with E-state index in [1.165, 1.54) is 11.1 Å². The van der Waals surface area contributed by atoms with Crippen molar-refractivity contribution in [1.82, 2.24) is 14.7 Å². The number of amides is 1. The molecule has 1 atom stereocenters. The van der Waals surface area contributed by atoms with Crippen molar-refractivity contribution in [3.8, 4) is 0 Å². The molecule has 1 saturated heterocycles. The van der Waals surface area contributed by atoms with Crippen LogP contribution in [0.3, 0.4) is 0 Å². The highest BCUT2D eigenvalue weighted by atomic mass is 32.1. The number of aromatic nitrogens is 2. The van der Waals surface area contributed by atoms with E-state index < -0.39 is 0 Å². The standard InChI is InChI=1S/C16H19N3O3S/c20-14(17-8-10-4-3-7-22-10)11-9-18-16-19(15(11)21)12-5-1-2-6-13(12)23-16/h9-10H,1-8H2,(H,17,20)/t10-/m1/s1. The molecule has 0 aromatic carbocycles. The van der Waals surface area contributed by atoms with Crippen LogP contribution in [0.4, 0.5) is 0 Å². The first-order chi connectivity index (χ1) is 11.2. The Bertz CT molecular complexity index is 805. The fraction of sp³-hybridized carbons (Fsp3) is 0.562. The lowest BCUT2D eigenvalue weighted by atomic mass is 10.0. The third kappa shape index (κ3) is 2.68. The zero-order valence-corrected chi connectivity index (χ0v) is 13.7. The molecule has 4 rings (SSSR count). The molecular weight excluding hydrogens is 314 g/mol. The zero-order valence-electron chi connectivity index (χ0n) is 12.8. The minimum absolute atomic E-state index is 0.0623. The summed E-state index contributed by atoms with van der Waals surface area (Å²) >= 11 is 1.57. The van der Waals surface area contributed by atoms with Crippen molar-refractivity contribution in [2.75, 3.05) is 13.2 Å². The van der Waals surface area contributed by atoms with Gasteiger partial charge in [-0.25, -0.2) is 4.98 Å². The van der Waals surface area contributed by atoms with Crippen LogP contribution in [0.15, 0.2) is 11.0 Å². The number of fused-ring (bicyclic) bond motifs is 3. The van der Waals surface area contributed by atoms with Crippen molar-refractivity contribution in [2.45, 2.75) is 44.6 Å². The van der Waals surface area contributed by atoms with Gasteiger partial charge in [0.25, 0.3) is 11.5 Å². The van der Waals surface area contributed by atoms with Crippen molar-refractivity contribution in [3.05, 3.63) is 32.7 Å². The number of rotatable bonds is 3. The number of nitrogens with one attached hydrogen (secondary N) is 1. The van der Waals surface area contributed by atoms with Gasteiger partial charge in [0.1, 0.15) is 5.56 Å². The highest BCUT2D eigenvalue weighted by Gasteiger charge is 2.22. The number of thiazole rings is 1. The molecule has 122 valence electrons. The molecule has 2 aromatic rings. The van der Waals surface area contributed by atoms with Crippen LogP contribution in [0.2, 0.25) is 0 Å². The van der Waals surface area contributed by atoms with Gasteiger partial charge in [-0.3, -0.25) is 14.0 Å². The van der Waals surface area contributed by atoms with Crippen LogP contribution in [-0.2, 0) is 17.6 Å². The van der Waals surface area contributed by atoms with Gasteiger partial charge in [0.05, 0.1) is 6.10 Å². The van der Waals surface area contributed by atoms with E-state index in [1.54, 1.807) is 15.7 Å². The minimum atomic E-state index is -0.358. The fourth-order valence-corrected chi connectivity index (χ4v) is 4.50. The number of aryl methyl sites for hydroxylation is 2. The van der Waals surface area contributed by atoms with Crippen molar-refractivity contribution in [2.24, 2.45) is 0 Å². The average molecular weight is 333 g/mol. The lowest BCUT2D eigenvalue weighted by Crippen LogP contribution is -2.36. The first kappa shape index (κ1) is 14.8. The Hall–Kier alpha value is -1.73. The first-order valence-corrected chi connectivity index (χ1v) is 8.98. The maximum atomic E-state index is 12.7. The molecule has 3 heterocycles. The summed E-state index contributed by atoms with van der Waals surface area (Å²) in [5.74, 6) is -0.358. The molecular formula is C16H19N3O3S. The van der Waals surface area contributed by atoms with Gasteiger partial charge in [-0.2, -0.15) is 0 Å². The molecule has 1 aliphatic heterocycles. The van der Waals surface area contributed by atoms with Gasteiger partial charge >= 0.3 is 0 Å². The molecule has 1 fully saturated rings. The molecule has 2 aliphatic rings. The third-order valence-corrected chi connectivity index (χ3v) is 5.72. The summed E-state index contributed by atoms with van der Waals surface area (Å²) in [7, 11) is 0. The normalized spacial score (nSPS) is 20.6. The van der Waals surface area contributed by atoms with Crippen molar-refractivity contribution in [1.29, 1.82) is 0 Å². The predicted octanol–water partition coefficient (Wildman–Crippen LogP) is 1.54. The summed E-state index contributed by atoms with van der Waals surface area (Å²) in [6.07, 6.45) is 7.58. The Kier molecular flexibility index (Phi) is 3.90. The number of ether oxygens (including phenoxy) is 1. The summed E-state index contributed by atoms with van der Waals surface area (Å²) in [5, 5.41) is 2.80. The monoisotopic (exact) mass is 333 g/mol. The average Bonchev–Trinajstić information content (AvgIpc) is 3.20. The minimum Gasteiger partial charge on any atom is -0.376 e. The molecule has 6 nitrogen and oxygen atoms in total. The molecule has 0 spiro atoms. The topological polar surface area (TPSA) is 72.7 Å². The summed E-state index contributed by atoms with van der Waals surface area (Å²) < 4.78 is 7.13. The Morgan fingerprint density at radius 1 is 1.39 bits per heavy atom. The van der Waals surface area contributed by atoms with Crippen LogP contribution in [0.25, 0.3) is 4.96 Å². The van der Waals surface area contributed by atoms with Crippen LogP contribution in [0, 0.1) is 0 Å². The van der Waals surface area contributed by atoms with E-state index in [2.05, 4.69) is 10.3 Å². The Morgan fingerprint density at radius 3 is 3.09 bits per heavy atom. The lowest BCUT2D eigenvalue weighted by Gasteiger charge is -2.12. The predicted molar refractivity (Wildman–Crippen MR) is 87.3 cm³/mol. The molecule has 0 saturated carbocycles. The maximum absolute atomic E-state index is 12.7. The molecule has 1 amide bonds. The van der Waals surface area contributed by atoms with Gasteiger partial charge in [0.15, 0.2) is 4.96 Å². The smallest absolute Gasteiger partial charge is 0.271 e. The van der Waals surface area contributed by atoms with E-state index in [-0.39, 0.29) is 23.1 Å². The van der Waals surface area contributed by atoms with E-state index in [9.17, 15) is 9.59 Å². The summed E-state index contributed by atoms with van der Waals surface area (Å²) in [6, 6.07) is 0. The van der Waals surface area contributed by atoms with Gasteiger partial charge in [-0.15, -0.1) is 11.3 Å². The lowest BCUT2D eigenvalue weighted by molar-refractivity contribution is 0.0856. The summed E-state index contributed by atoms with van der Waals surface area (Å²) in [4.78, 5) is 31.3. The molecule has 1 N–H and O–H groups in total. The van der Waals surface area contributed by atoms with Crippen LogP contribution in [0.5, 0.6) is 0 Å². The van der Waals surface area contributed by atoms with Gasteiger partial charge in [-0.05, 0) is 38.5 Å². The second kappa shape index (κ2) is 6.05. The van der Waals surface area contributed by atoms with Gasteiger partial charge < -0.3 is 10.1 Å². The molecule has 2 aromatic heterocycles. The van der Waals surface area contributed by atoms with Crippen LogP contribution in [-0.4, -0.2) is 34.5 Å². The quantitative estimate of drug-likeness (QED) is 0.925. The number of carbonyl (C=O) groups excluding carboxylic acids is 1. The molecule has 23 heavy (non-hydrogen) atoms. The Labute approximate surface area is 137 Å². The molecule has 0 radical (unpaired) electrons. The largest absolute Gasteiger partial charge is 0.376 e. The Balaban J connectivity index is 1.63. The van der Waals surface area contributed by atoms with Crippen molar-refractivity contribution in [3.63, 3.8) is 0 Å². The Morgan fingerprint density at radius 2 is 2.26 bits per heavy atom. The molecule has 1 aliphatic carbocycles. The SMILES string of the molecule is O=C(NC[C@H]1CCCO1)c1cnc2sc3c(n2c1=O)CCCC3. The van der Waals surface area contributed by atoms with E-state index in [4.69, 9.17) is 4.74 Å². The van der Waals surface area contributed by atoms with Gasteiger partial charge in [0, 0.05) is 29.9 Å². The van der Waals surface area contributed by atoms with Crippen molar-refractivity contribution < 1.29 is 9.53 Å². The molecule has 0 bridgehead atoms. The highest BCUT2D eigenvalue weighted by Crippen LogP contribution is 2.28. The fourth-order valence-electron chi connectivity index (χ4n) is 3.33. The highest BCUT2D eigenvalue weighted by molar-refractivity contribution is 7.17. The van der Waals surface area contributed by atoms with Crippen LogP contribution in [0.1, 0.15) is 46.6 Å². The number of nitrogens with zero attached hydrogens (tertiary/aromatic N) is 2. The number of hydrogen-bond donors (Lipinski definition) is 1. The van der Waals surface area contributed by atoms with E-state index in [1.807, 2.05) is 0 Å². The summed E-state index contributed by atoms with van der Waals surface area (Å²) in [5.41, 5.74) is 0.911. The van der Waals surface area contributed by atoms with Gasteiger partial charge in [-0.1, -0.05) is 0 Å². The molecule has 0 unspecified atom stereocenters. The maximum Gasteiger partial charge on any atom is 0.271 e.